The summed E-state index contributed by atoms with van der Waals surface area (Å²) in [5, 5.41) is 0. The van der Waals surface area contributed by atoms with Gasteiger partial charge in [0.2, 0.25) is 0 Å². The molecule has 11 heavy (non-hydrogen) atoms. The zero-order valence-electron chi connectivity index (χ0n) is 7.97. The van der Waals surface area contributed by atoms with Crippen molar-refractivity contribution in [1.29, 1.82) is 0 Å². The first-order valence-corrected chi connectivity index (χ1v) is 5.01. The fourth-order valence-corrected chi connectivity index (χ4v) is 1.77. The molecule has 0 N–H and O–H groups in total. The van der Waals surface area contributed by atoms with E-state index in [4.69, 9.17) is 0 Å². The van der Waals surface area contributed by atoms with Gasteiger partial charge >= 0.3 is 0 Å². The standard InChI is InChI=1S/C10H21N/c1-10-8-6-4-3-5-7-9-11(10)2/h10H,3-9H2,1-2H3/t10-/m1/s1. The van der Waals surface area contributed by atoms with Crippen molar-refractivity contribution in [2.45, 2.75) is 51.5 Å². The lowest BCUT2D eigenvalue weighted by Crippen LogP contribution is -2.29. The van der Waals surface area contributed by atoms with Crippen molar-refractivity contribution in [3.8, 4) is 0 Å². The summed E-state index contributed by atoms with van der Waals surface area (Å²) < 4.78 is 0. The van der Waals surface area contributed by atoms with Crippen LogP contribution < -0.4 is 0 Å². The Balaban J connectivity index is 2.29. The van der Waals surface area contributed by atoms with Gasteiger partial charge in [0, 0.05) is 6.04 Å². The Morgan fingerprint density at radius 1 is 1.00 bits per heavy atom. The van der Waals surface area contributed by atoms with Crippen molar-refractivity contribution < 1.29 is 0 Å². The van der Waals surface area contributed by atoms with Crippen LogP contribution in [0.4, 0.5) is 0 Å². The van der Waals surface area contributed by atoms with E-state index in [0.717, 1.165) is 6.04 Å². The Bertz CT molecular complexity index is 89.0. The van der Waals surface area contributed by atoms with Crippen LogP contribution in [0.3, 0.4) is 0 Å². The van der Waals surface area contributed by atoms with Crippen molar-refractivity contribution in [2.75, 3.05) is 13.6 Å². The maximum Gasteiger partial charge on any atom is 0.00638 e. The molecule has 1 heteroatoms. The minimum atomic E-state index is 0.813. The Labute approximate surface area is 70.8 Å². The lowest BCUT2D eigenvalue weighted by Gasteiger charge is -2.23. The van der Waals surface area contributed by atoms with Crippen LogP contribution in [-0.4, -0.2) is 24.5 Å². The number of rotatable bonds is 0. The molecule has 1 fully saturated rings. The molecule has 0 spiro atoms. The molecule has 0 bridgehead atoms. The van der Waals surface area contributed by atoms with Crippen molar-refractivity contribution in [3.63, 3.8) is 0 Å². The van der Waals surface area contributed by atoms with Gasteiger partial charge in [-0.1, -0.05) is 25.7 Å². The summed E-state index contributed by atoms with van der Waals surface area (Å²) in [6.07, 6.45) is 8.60. The predicted octanol–water partition coefficient (Wildman–Crippen LogP) is 2.66. The van der Waals surface area contributed by atoms with Crippen LogP contribution in [0, 0.1) is 0 Å². The first kappa shape index (κ1) is 9.05. The van der Waals surface area contributed by atoms with Gasteiger partial charge < -0.3 is 4.90 Å². The van der Waals surface area contributed by atoms with Crippen LogP contribution in [0.25, 0.3) is 0 Å². The third kappa shape index (κ3) is 3.24. The largest absolute Gasteiger partial charge is 0.304 e. The van der Waals surface area contributed by atoms with E-state index >= 15 is 0 Å². The Hall–Kier alpha value is -0.0400. The molecule has 0 saturated carbocycles. The molecule has 1 aliphatic rings. The van der Waals surface area contributed by atoms with Gasteiger partial charge in [-0.15, -0.1) is 0 Å². The van der Waals surface area contributed by atoms with Crippen LogP contribution in [0.15, 0.2) is 0 Å². The fraction of sp³-hybridized carbons (Fsp3) is 1.00. The lowest BCUT2D eigenvalue weighted by molar-refractivity contribution is 0.245. The molecule has 1 rings (SSSR count). The van der Waals surface area contributed by atoms with Gasteiger partial charge in [-0.25, -0.2) is 0 Å². The Morgan fingerprint density at radius 2 is 1.64 bits per heavy atom. The van der Waals surface area contributed by atoms with Gasteiger partial charge in [-0.3, -0.25) is 0 Å². The minimum absolute atomic E-state index is 0.813. The molecule has 0 unspecified atom stereocenters. The minimum Gasteiger partial charge on any atom is -0.304 e. The van der Waals surface area contributed by atoms with E-state index in [1.54, 1.807) is 0 Å². The van der Waals surface area contributed by atoms with E-state index in [1.807, 2.05) is 0 Å². The maximum atomic E-state index is 2.51. The number of nitrogens with zero attached hydrogens (tertiary/aromatic N) is 1. The summed E-state index contributed by atoms with van der Waals surface area (Å²) in [6.45, 7) is 3.66. The first-order chi connectivity index (χ1) is 5.30. The van der Waals surface area contributed by atoms with Crippen LogP contribution in [-0.2, 0) is 0 Å². The zero-order chi connectivity index (χ0) is 8.10. The van der Waals surface area contributed by atoms with E-state index in [9.17, 15) is 0 Å². The summed E-state index contributed by atoms with van der Waals surface area (Å²) in [6, 6.07) is 0.813. The molecule has 0 aromatic carbocycles. The van der Waals surface area contributed by atoms with Gasteiger partial charge in [-0.2, -0.15) is 0 Å². The molecule has 0 radical (unpaired) electrons. The second-order valence-corrected chi connectivity index (χ2v) is 3.89. The molecular formula is C10H21N. The quantitative estimate of drug-likeness (QED) is 0.520. The molecule has 0 aliphatic carbocycles. The van der Waals surface area contributed by atoms with Crippen molar-refractivity contribution in [2.24, 2.45) is 0 Å². The summed E-state index contributed by atoms with van der Waals surface area (Å²) in [7, 11) is 2.26. The highest BCUT2D eigenvalue weighted by atomic mass is 15.1. The van der Waals surface area contributed by atoms with E-state index in [1.165, 1.54) is 45.1 Å². The highest BCUT2D eigenvalue weighted by Gasteiger charge is 2.09. The molecule has 1 nitrogen and oxygen atoms in total. The second-order valence-electron chi connectivity index (χ2n) is 3.89. The van der Waals surface area contributed by atoms with E-state index in [-0.39, 0.29) is 0 Å². The van der Waals surface area contributed by atoms with Crippen LogP contribution in [0.2, 0.25) is 0 Å². The highest BCUT2D eigenvalue weighted by molar-refractivity contribution is 4.65. The van der Waals surface area contributed by atoms with Crippen molar-refractivity contribution in [1.82, 2.24) is 4.90 Å². The van der Waals surface area contributed by atoms with E-state index < -0.39 is 0 Å². The van der Waals surface area contributed by atoms with Crippen LogP contribution in [0.1, 0.15) is 45.4 Å². The van der Waals surface area contributed by atoms with Crippen molar-refractivity contribution >= 4 is 0 Å². The maximum absolute atomic E-state index is 2.51. The number of hydrogen-bond donors (Lipinski definition) is 0. The molecular weight excluding hydrogens is 134 g/mol. The zero-order valence-corrected chi connectivity index (χ0v) is 7.97. The van der Waals surface area contributed by atoms with Crippen LogP contribution in [0.5, 0.6) is 0 Å². The molecule has 0 amide bonds. The summed E-state index contributed by atoms with van der Waals surface area (Å²) >= 11 is 0. The Kier molecular flexibility index (Phi) is 3.92. The molecule has 1 atom stereocenters. The smallest absolute Gasteiger partial charge is 0.00638 e. The molecule has 1 heterocycles. The van der Waals surface area contributed by atoms with Crippen molar-refractivity contribution in [3.05, 3.63) is 0 Å². The molecule has 0 aromatic rings. The summed E-state index contributed by atoms with van der Waals surface area (Å²) in [5.74, 6) is 0. The average molecular weight is 155 g/mol. The van der Waals surface area contributed by atoms with Gasteiger partial charge in [0.1, 0.15) is 0 Å². The first-order valence-electron chi connectivity index (χ1n) is 5.01. The summed E-state index contributed by atoms with van der Waals surface area (Å²) in [4.78, 5) is 2.51. The number of hydrogen-bond acceptors (Lipinski definition) is 1. The molecule has 1 saturated heterocycles. The van der Waals surface area contributed by atoms with Gasteiger partial charge in [0.15, 0.2) is 0 Å². The predicted molar refractivity (Wildman–Crippen MR) is 49.8 cm³/mol. The van der Waals surface area contributed by atoms with E-state index in [0.29, 0.717) is 0 Å². The van der Waals surface area contributed by atoms with Gasteiger partial charge in [0.05, 0.1) is 0 Å². The molecule has 0 aromatic heterocycles. The van der Waals surface area contributed by atoms with Crippen LogP contribution >= 0.6 is 0 Å². The highest BCUT2D eigenvalue weighted by Crippen LogP contribution is 2.14. The average Bonchev–Trinajstić information content (AvgIpc) is 2.07. The monoisotopic (exact) mass is 155 g/mol. The fourth-order valence-electron chi connectivity index (χ4n) is 1.77. The van der Waals surface area contributed by atoms with Gasteiger partial charge in [0.25, 0.3) is 0 Å². The lowest BCUT2D eigenvalue weighted by atomic mass is 10.1. The topological polar surface area (TPSA) is 3.24 Å². The normalized spacial score (nSPS) is 30.5. The third-order valence-electron chi connectivity index (χ3n) is 2.89. The molecule has 66 valence electrons. The Morgan fingerprint density at radius 3 is 2.45 bits per heavy atom. The molecule has 1 aliphatic heterocycles. The second kappa shape index (κ2) is 4.76. The van der Waals surface area contributed by atoms with E-state index in [2.05, 4.69) is 18.9 Å². The SMILES string of the molecule is C[C@@H]1CCCCCCCN1C. The summed E-state index contributed by atoms with van der Waals surface area (Å²) in [5.41, 5.74) is 0. The van der Waals surface area contributed by atoms with Gasteiger partial charge in [-0.05, 0) is 33.4 Å². The third-order valence-corrected chi connectivity index (χ3v) is 2.89.